The van der Waals surface area contributed by atoms with Crippen molar-refractivity contribution in [3.05, 3.63) is 23.8 Å². The summed E-state index contributed by atoms with van der Waals surface area (Å²) in [5.41, 5.74) is 5.96. The zero-order valence-corrected chi connectivity index (χ0v) is 13.9. The van der Waals surface area contributed by atoms with Crippen LogP contribution in [0.15, 0.2) is 18.2 Å². The molecule has 130 valence electrons. The van der Waals surface area contributed by atoms with E-state index in [4.69, 9.17) is 15.2 Å². The maximum absolute atomic E-state index is 11.0. The molecule has 3 N–H and O–H groups in total. The van der Waals surface area contributed by atoms with E-state index < -0.39 is 5.91 Å². The van der Waals surface area contributed by atoms with Gasteiger partial charge < -0.3 is 20.5 Å². The van der Waals surface area contributed by atoms with Crippen LogP contribution in [0.25, 0.3) is 0 Å². The molecule has 1 amide bonds. The van der Waals surface area contributed by atoms with E-state index >= 15 is 0 Å². The number of hydrogen-bond donors (Lipinski definition) is 2. The molecule has 1 aromatic heterocycles. The number of para-hydroxylation sites is 1. The number of unbranched alkanes of at least 4 members (excludes halogenated alkanes) is 1. The Hall–Kier alpha value is -2.84. The summed E-state index contributed by atoms with van der Waals surface area (Å²) in [6.45, 7) is 3.05. The van der Waals surface area contributed by atoms with Gasteiger partial charge in [0.15, 0.2) is 18.1 Å². The molecule has 0 saturated heterocycles. The summed E-state index contributed by atoms with van der Waals surface area (Å²) >= 11 is 0. The molecule has 0 aliphatic carbocycles. The van der Waals surface area contributed by atoms with Gasteiger partial charge in [-0.1, -0.05) is 30.6 Å². The number of nitrogens with one attached hydrogen (secondary N) is 1. The average Bonchev–Trinajstić information content (AvgIpc) is 3.03. The molecule has 0 saturated carbocycles. The van der Waals surface area contributed by atoms with E-state index in [-0.39, 0.29) is 6.61 Å². The van der Waals surface area contributed by atoms with Gasteiger partial charge in [0.05, 0.1) is 7.11 Å². The van der Waals surface area contributed by atoms with Crippen LogP contribution < -0.4 is 20.5 Å². The highest BCUT2D eigenvalue weighted by Gasteiger charge is 2.13. The standard InChI is InChI=1S/C15H22N6O3/c1-3-4-8-21-15(18-19-20-21)17-9-11-6-5-7-12(23-2)14(11)24-10-13(16)22/h5-7H,3-4,8-10H2,1-2H3,(H2,16,22)(H,17,18,20). The molecule has 0 bridgehead atoms. The van der Waals surface area contributed by atoms with Crippen molar-refractivity contribution in [1.82, 2.24) is 20.2 Å². The first-order valence-electron chi connectivity index (χ1n) is 7.72. The summed E-state index contributed by atoms with van der Waals surface area (Å²) in [5.74, 6) is 1.02. The highest BCUT2D eigenvalue weighted by molar-refractivity contribution is 5.75. The number of aromatic nitrogens is 4. The van der Waals surface area contributed by atoms with E-state index in [0.717, 1.165) is 24.9 Å². The van der Waals surface area contributed by atoms with Crippen LogP contribution in [0.2, 0.25) is 0 Å². The van der Waals surface area contributed by atoms with Gasteiger partial charge in [0.2, 0.25) is 5.95 Å². The third-order valence-corrected chi connectivity index (χ3v) is 3.33. The monoisotopic (exact) mass is 334 g/mol. The van der Waals surface area contributed by atoms with Crippen LogP contribution in [-0.2, 0) is 17.9 Å². The molecule has 0 radical (unpaired) electrons. The number of tetrazole rings is 1. The van der Waals surface area contributed by atoms with E-state index in [1.165, 1.54) is 7.11 Å². The molecule has 2 rings (SSSR count). The van der Waals surface area contributed by atoms with Crippen LogP contribution in [0.3, 0.4) is 0 Å². The van der Waals surface area contributed by atoms with Crippen LogP contribution in [-0.4, -0.2) is 39.8 Å². The van der Waals surface area contributed by atoms with Crippen molar-refractivity contribution < 1.29 is 14.3 Å². The van der Waals surface area contributed by atoms with Crippen molar-refractivity contribution in [3.63, 3.8) is 0 Å². The Bertz CT molecular complexity index is 673. The number of ether oxygens (including phenoxy) is 2. The summed E-state index contributed by atoms with van der Waals surface area (Å²) in [7, 11) is 1.54. The number of anilines is 1. The Labute approximate surface area is 140 Å². The van der Waals surface area contributed by atoms with Crippen LogP contribution in [0.1, 0.15) is 25.3 Å². The number of rotatable bonds is 10. The molecule has 0 aliphatic heterocycles. The van der Waals surface area contributed by atoms with E-state index in [0.29, 0.717) is 24.0 Å². The molecule has 9 nitrogen and oxygen atoms in total. The summed E-state index contributed by atoms with van der Waals surface area (Å²) < 4.78 is 12.5. The first-order valence-corrected chi connectivity index (χ1v) is 7.72. The summed E-state index contributed by atoms with van der Waals surface area (Å²) in [5, 5.41) is 14.8. The van der Waals surface area contributed by atoms with Crippen molar-refractivity contribution in [2.45, 2.75) is 32.9 Å². The van der Waals surface area contributed by atoms with Crippen LogP contribution in [0.5, 0.6) is 11.5 Å². The predicted octanol–water partition coefficient (Wildman–Crippen LogP) is 0.958. The fourth-order valence-corrected chi connectivity index (χ4v) is 2.13. The highest BCUT2D eigenvalue weighted by atomic mass is 16.5. The third kappa shape index (κ3) is 4.58. The Morgan fingerprint density at radius 2 is 2.25 bits per heavy atom. The summed E-state index contributed by atoms with van der Waals surface area (Å²) in [6, 6.07) is 5.46. The van der Waals surface area contributed by atoms with Gasteiger partial charge in [-0.2, -0.15) is 0 Å². The normalized spacial score (nSPS) is 10.4. The zero-order valence-electron chi connectivity index (χ0n) is 13.9. The Kier molecular flexibility index (Phi) is 6.35. The number of benzene rings is 1. The molecule has 2 aromatic rings. The maximum Gasteiger partial charge on any atom is 0.255 e. The lowest BCUT2D eigenvalue weighted by atomic mass is 10.2. The number of methoxy groups -OCH3 is 1. The lowest BCUT2D eigenvalue weighted by molar-refractivity contribution is -0.119. The van der Waals surface area contributed by atoms with E-state index in [9.17, 15) is 4.79 Å². The van der Waals surface area contributed by atoms with Crippen LogP contribution in [0.4, 0.5) is 5.95 Å². The van der Waals surface area contributed by atoms with Crippen LogP contribution >= 0.6 is 0 Å². The van der Waals surface area contributed by atoms with Gasteiger partial charge in [0, 0.05) is 18.7 Å². The fourth-order valence-electron chi connectivity index (χ4n) is 2.13. The number of hydrogen-bond acceptors (Lipinski definition) is 7. The molecular weight excluding hydrogens is 312 g/mol. The van der Waals surface area contributed by atoms with Crippen molar-refractivity contribution in [2.24, 2.45) is 5.73 Å². The number of nitrogens with two attached hydrogens (primary N) is 1. The Morgan fingerprint density at radius 1 is 1.42 bits per heavy atom. The molecule has 0 fully saturated rings. The van der Waals surface area contributed by atoms with Crippen molar-refractivity contribution in [2.75, 3.05) is 19.0 Å². The summed E-state index contributed by atoms with van der Waals surface area (Å²) in [6.07, 6.45) is 2.05. The Morgan fingerprint density at radius 3 is 2.96 bits per heavy atom. The second-order valence-electron chi connectivity index (χ2n) is 5.14. The van der Waals surface area contributed by atoms with Crippen LogP contribution in [0, 0.1) is 0 Å². The molecule has 24 heavy (non-hydrogen) atoms. The second-order valence-corrected chi connectivity index (χ2v) is 5.14. The first-order chi connectivity index (χ1) is 11.7. The van der Waals surface area contributed by atoms with Gasteiger partial charge in [0.25, 0.3) is 5.91 Å². The molecule has 0 atom stereocenters. The van der Waals surface area contributed by atoms with Gasteiger partial charge >= 0.3 is 0 Å². The number of aryl methyl sites for hydroxylation is 1. The smallest absolute Gasteiger partial charge is 0.255 e. The maximum atomic E-state index is 11.0. The average molecular weight is 334 g/mol. The second kappa shape index (κ2) is 8.70. The van der Waals surface area contributed by atoms with Gasteiger partial charge in [-0.25, -0.2) is 4.68 Å². The first kappa shape index (κ1) is 17.5. The number of nitrogens with zero attached hydrogens (tertiary/aromatic N) is 4. The molecule has 1 heterocycles. The summed E-state index contributed by atoms with van der Waals surface area (Å²) in [4.78, 5) is 11.0. The molecule has 0 unspecified atom stereocenters. The largest absolute Gasteiger partial charge is 0.493 e. The van der Waals surface area contributed by atoms with Gasteiger partial charge in [0.1, 0.15) is 0 Å². The molecule has 0 aliphatic rings. The number of carbonyl (C=O) groups is 1. The quantitative estimate of drug-likeness (QED) is 0.664. The molecule has 9 heteroatoms. The zero-order chi connectivity index (χ0) is 17.4. The van der Waals surface area contributed by atoms with Crippen molar-refractivity contribution >= 4 is 11.9 Å². The number of carbonyl (C=O) groups excluding carboxylic acids is 1. The lowest BCUT2D eigenvalue weighted by Crippen LogP contribution is -2.21. The van der Waals surface area contributed by atoms with Crippen molar-refractivity contribution in [1.29, 1.82) is 0 Å². The molecular formula is C15H22N6O3. The van der Waals surface area contributed by atoms with Crippen molar-refractivity contribution in [3.8, 4) is 11.5 Å². The van der Waals surface area contributed by atoms with Gasteiger partial charge in [-0.05, 0) is 22.9 Å². The van der Waals surface area contributed by atoms with Gasteiger partial charge in [-0.3, -0.25) is 4.79 Å². The molecule has 0 spiro atoms. The minimum Gasteiger partial charge on any atom is -0.493 e. The third-order valence-electron chi connectivity index (χ3n) is 3.33. The van der Waals surface area contributed by atoms with E-state index in [1.54, 1.807) is 10.7 Å². The van der Waals surface area contributed by atoms with E-state index in [2.05, 4.69) is 27.8 Å². The van der Waals surface area contributed by atoms with E-state index in [1.807, 2.05) is 12.1 Å². The minimum atomic E-state index is -0.552. The fraction of sp³-hybridized carbons (Fsp3) is 0.467. The predicted molar refractivity (Wildman–Crippen MR) is 87.7 cm³/mol. The lowest BCUT2D eigenvalue weighted by Gasteiger charge is -2.15. The SMILES string of the molecule is CCCCn1nnnc1NCc1cccc(OC)c1OCC(N)=O. The molecule has 1 aromatic carbocycles. The highest BCUT2D eigenvalue weighted by Crippen LogP contribution is 2.31. The number of amides is 1. The number of primary amides is 1. The Balaban J connectivity index is 2.11. The van der Waals surface area contributed by atoms with Gasteiger partial charge in [-0.15, -0.1) is 0 Å². The topological polar surface area (TPSA) is 117 Å². The minimum absolute atomic E-state index is 0.221.